The second-order valence-corrected chi connectivity index (χ2v) is 7.69. The fourth-order valence-corrected chi connectivity index (χ4v) is 4.34. The summed E-state index contributed by atoms with van der Waals surface area (Å²) in [5.41, 5.74) is 4.66. The van der Waals surface area contributed by atoms with Crippen molar-refractivity contribution in [2.24, 2.45) is 14.1 Å². The molecule has 2 aromatic carbocycles. The zero-order valence-electron chi connectivity index (χ0n) is 17.2. The van der Waals surface area contributed by atoms with Crippen molar-refractivity contribution in [1.82, 2.24) is 9.13 Å². The normalized spacial score (nSPS) is 12.0. The van der Waals surface area contributed by atoms with E-state index in [1.165, 1.54) is 28.0 Å². The van der Waals surface area contributed by atoms with Crippen molar-refractivity contribution in [2.45, 2.75) is 5.92 Å². The minimum atomic E-state index is -0.524. The van der Waals surface area contributed by atoms with E-state index in [0.29, 0.717) is 5.76 Å². The van der Waals surface area contributed by atoms with Gasteiger partial charge in [0.05, 0.1) is 6.07 Å². The monoisotopic (exact) mass is 411 g/mol. The third kappa shape index (κ3) is 3.22. The number of hydrogen-bond donors (Lipinski definition) is 0. The Morgan fingerprint density at radius 3 is 1.94 bits per heavy atom. The third-order valence-corrected chi connectivity index (χ3v) is 5.77. The number of aryl methyl sites for hydroxylation is 2. The predicted molar refractivity (Wildman–Crippen MR) is 122 cm³/mol. The molecule has 0 saturated heterocycles. The number of benzene rings is 2. The average Bonchev–Trinajstić information content (AvgIpc) is 3.47. The van der Waals surface area contributed by atoms with Crippen LogP contribution < -0.4 is 0 Å². The molecule has 0 aliphatic heterocycles. The minimum Gasteiger partial charge on any atom is -0.401 e. The first-order valence-electron chi connectivity index (χ1n) is 10.0. The summed E-state index contributed by atoms with van der Waals surface area (Å²) in [5, 5.41) is 13.3. The van der Waals surface area contributed by atoms with Crippen molar-refractivity contribution in [1.29, 1.82) is 0 Å². The van der Waals surface area contributed by atoms with Gasteiger partial charge in [0.2, 0.25) is 0 Å². The zero-order chi connectivity index (χ0) is 21.5. The van der Waals surface area contributed by atoms with Crippen LogP contribution in [0, 0.1) is 10.1 Å². The number of aromatic nitrogens is 2. The molecule has 154 valence electrons. The van der Waals surface area contributed by atoms with Gasteiger partial charge in [0.25, 0.3) is 0 Å². The van der Waals surface area contributed by atoms with Gasteiger partial charge in [0.1, 0.15) is 10.7 Å². The first-order chi connectivity index (χ1) is 15.0. The van der Waals surface area contributed by atoms with Gasteiger partial charge in [-0.15, -0.1) is 0 Å². The van der Waals surface area contributed by atoms with Gasteiger partial charge in [0.15, 0.2) is 0 Å². The molecule has 31 heavy (non-hydrogen) atoms. The summed E-state index contributed by atoms with van der Waals surface area (Å²) in [6.07, 6.45) is 8.20. The quantitative estimate of drug-likeness (QED) is 0.262. The van der Waals surface area contributed by atoms with E-state index in [1.54, 1.807) is 6.07 Å². The van der Waals surface area contributed by atoms with E-state index >= 15 is 0 Å². The second kappa shape index (κ2) is 7.32. The molecule has 0 radical (unpaired) electrons. The molecule has 6 heteroatoms. The van der Waals surface area contributed by atoms with E-state index in [1.807, 2.05) is 44.4 Å². The van der Waals surface area contributed by atoms with Crippen LogP contribution in [0.25, 0.3) is 27.9 Å². The zero-order valence-corrected chi connectivity index (χ0v) is 17.2. The molecule has 0 aliphatic rings. The fraction of sp³-hybridized carbons (Fsp3) is 0.120. The first kappa shape index (κ1) is 18.9. The Hall–Kier alpha value is -4.06. The molecule has 0 amide bonds. The lowest BCUT2D eigenvalue weighted by Crippen LogP contribution is -1.97. The standard InChI is InChI=1S/C25H21N3O3/c1-26-15-21(19-7-3-5-9-23(19)26)18(13-11-17-12-14-25(31-17)28(29)30)22-16-27(2)24-10-6-4-8-20(22)24/h3-16,18H,1-2H3/b13-11-. The second-order valence-electron chi connectivity index (χ2n) is 7.69. The average molecular weight is 411 g/mol. The number of furan rings is 1. The number of fused-ring (bicyclic) bond motifs is 2. The molecule has 0 bridgehead atoms. The van der Waals surface area contributed by atoms with Crippen LogP contribution in [0.15, 0.2) is 83.6 Å². The van der Waals surface area contributed by atoms with Crippen LogP contribution in [0.5, 0.6) is 0 Å². The number of hydrogen-bond acceptors (Lipinski definition) is 3. The van der Waals surface area contributed by atoms with Crippen molar-refractivity contribution in [2.75, 3.05) is 0 Å². The van der Waals surface area contributed by atoms with E-state index < -0.39 is 4.92 Å². The Bertz CT molecular complexity index is 1370. The Morgan fingerprint density at radius 1 is 0.871 bits per heavy atom. The smallest absolute Gasteiger partial charge is 0.401 e. The Kier molecular flexibility index (Phi) is 4.47. The number of rotatable bonds is 5. The number of nitro groups is 1. The lowest BCUT2D eigenvalue weighted by Gasteiger charge is -2.12. The largest absolute Gasteiger partial charge is 0.433 e. The summed E-state index contributed by atoms with van der Waals surface area (Å²) in [4.78, 5) is 10.5. The van der Waals surface area contributed by atoms with Crippen molar-refractivity contribution < 1.29 is 9.34 Å². The van der Waals surface area contributed by atoms with Crippen LogP contribution in [-0.4, -0.2) is 14.1 Å². The number of nitrogens with zero attached hydrogens (tertiary/aromatic N) is 3. The molecule has 0 saturated carbocycles. The summed E-state index contributed by atoms with van der Waals surface area (Å²) >= 11 is 0. The maximum absolute atomic E-state index is 11.0. The highest BCUT2D eigenvalue weighted by molar-refractivity contribution is 5.89. The molecular formula is C25H21N3O3. The Balaban J connectivity index is 1.70. The highest BCUT2D eigenvalue weighted by Gasteiger charge is 2.21. The third-order valence-electron chi connectivity index (χ3n) is 5.77. The van der Waals surface area contributed by atoms with Gasteiger partial charge in [-0.05, 0) is 35.4 Å². The van der Waals surface area contributed by atoms with Gasteiger partial charge in [0, 0.05) is 54.2 Å². The molecule has 0 spiro atoms. The summed E-state index contributed by atoms with van der Waals surface area (Å²) < 4.78 is 9.62. The SMILES string of the molecule is Cn1cc(C(/C=C\c2ccc([N+](=O)[O-])o2)c2cn(C)c3ccccc23)c2ccccc21. The molecule has 3 heterocycles. The van der Waals surface area contributed by atoms with Gasteiger partial charge < -0.3 is 13.6 Å². The van der Waals surface area contributed by atoms with E-state index in [2.05, 4.69) is 51.9 Å². The summed E-state index contributed by atoms with van der Waals surface area (Å²) in [6.45, 7) is 0. The Labute approximate surface area is 178 Å². The van der Waals surface area contributed by atoms with Crippen molar-refractivity contribution in [3.8, 4) is 0 Å². The molecular weight excluding hydrogens is 390 g/mol. The minimum absolute atomic E-state index is 0.0543. The van der Waals surface area contributed by atoms with Crippen LogP contribution in [-0.2, 0) is 14.1 Å². The molecule has 0 N–H and O–H groups in total. The van der Waals surface area contributed by atoms with Crippen molar-refractivity contribution in [3.05, 3.63) is 106 Å². The van der Waals surface area contributed by atoms with Gasteiger partial charge in [-0.2, -0.15) is 0 Å². The molecule has 0 unspecified atom stereocenters. The van der Waals surface area contributed by atoms with Crippen molar-refractivity contribution >= 4 is 33.8 Å². The number of para-hydroxylation sites is 2. The van der Waals surface area contributed by atoms with E-state index in [-0.39, 0.29) is 11.8 Å². The number of allylic oxidation sites excluding steroid dienone is 1. The van der Waals surface area contributed by atoms with E-state index in [4.69, 9.17) is 4.42 Å². The lowest BCUT2D eigenvalue weighted by molar-refractivity contribution is -0.402. The summed E-state index contributed by atoms with van der Waals surface area (Å²) in [6, 6.07) is 19.7. The molecule has 5 rings (SSSR count). The lowest BCUT2D eigenvalue weighted by atomic mass is 9.90. The molecule has 0 aliphatic carbocycles. The Morgan fingerprint density at radius 2 is 1.42 bits per heavy atom. The summed E-state index contributed by atoms with van der Waals surface area (Å²) in [7, 11) is 4.09. The van der Waals surface area contributed by atoms with Crippen LogP contribution in [0.4, 0.5) is 5.88 Å². The van der Waals surface area contributed by atoms with Crippen LogP contribution in [0.2, 0.25) is 0 Å². The maximum Gasteiger partial charge on any atom is 0.433 e. The first-order valence-corrected chi connectivity index (χ1v) is 10.0. The predicted octanol–water partition coefficient (Wildman–Crippen LogP) is 6.02. The van der Waals surface area contributed by atoms with E-state index in [9.17, 15) is 10.1 Å². The highest BCUT2D eigenvalue weighted by atomic mass is 16.6. The molecule has 0 atom stereocenters. The van der Waals surface area contributed by atoms with Crippen molar-refractivity contribution in [3.63, 3.8) is 0 Å². The van der Waals surface area contributed by atoms with Crippen LogP contribution in [0.1, 0.15) is 22.8 Å². The van der Waals surface area contributed by atoms with E-state index in [0.717, 1.165) is 11.0 Å². The maximum atomic E-state index is 11.0. The van der Waals surface area contributed by atoms with Crippen LogP contribution in [0.3, 0.4) is 0 Å². The highest BCUT2D eigenvalue weighted by Crippen LogP contribution is 2.37. The topological polar surface area (TPSA) is 66.1 Å². The molecule has 0 fully saturated rings. The van der Waals surface area contributed by atoms with Crippen LogP contribution >= 0.6 is 0 Å². The van der Waals surface area contributed by atoms with Gasteiger partial charge in [-0.1, -0.05) is 42.5 Å². The molecule has 5 aromatic rings. The molecule has 3 aromatic heterocycles. The van der Waals surface area contributed by atoms with Gasteiger partial charge >= 0.3 is 5.88 Å². The van der Waals surface area contributed by atoms with Gasteiger partial charge in [-0.25, -0.2) is 0 Å². The van der Waals surface area contributed by atoms with Gasteiger partial charge in [-0.3, -0.25) is 10.1 Å². The molecule has 6 nitrogen and oxygen atoms in total. The summed E-state index contributed by atoms with van der Waals surface area (Å²) in [5.74, 6) is 0.144. The fourth-order valence-electron chi connectivity index (χ4n) is 4.34.